The summed E-state index contributed by atoms with van der Waals surface area (Å²) in [5.41, 5.74) is 2.34. The van der Waals surface area contributed by atoms with Gasteiger partial charge in [0.1, 0.15) is 11.5 Å². The third kappa shape index (κ3) is 1.84. The summed E-state index contributed by atoms with van der Waals surface area (Å²) in [5, 5.41) is 2.20. The van der Waals surface area contributed by atoms with E-state index in [1.165, 1.54) is 5.56 Å². The lowest BCUT2D eigenvalue weighted by Crippen LogP contribution is -2.14. The molecule has 0 radical (unpaired) electrons. The van der Waals surface area contributed by atoms with Gasteiger partial charge in [0.25, 0.3) is 0 Å². The van der Waals surface area contributed by atoms with Crippen LogP contribution in [0, 0.1) is 0 Å². The molecule has 3 rings (SSSR count). The van der Waals surface area contributed by atoms with Crippen LogP contribution in [0.25, 0.3) is 10.8 Å². The van der Waals surface area contributed by atoms with Gasteiger partial charge in [0, 0.05) is 17.2 Å². The summed E-state index contributed by atoms with van der Waals surface area (Å²) in [6, 6.07) is 4.31. The third-order valence-electron chi connectivity index (χ3n) is 3.60. The van der Waals surface area contributed by atoms with Crippen LogP contribution in [0.4, 0.5) is 0 Å². The Hall–Kier alpha value is -1.77. The molecule has 0 aliphatic carbocycles. The van der Waals surface area contributed by atoms with E-state index in [-0.39, 0.29) is 5.41 Å². The van der Waals surface area contributed by atoms with Gasteiger partial charge in [0.05, 0.1) is 31.0 Å². The summed E-state index contributed by atoms with van der Waals surface area (Å²) in [5.74, 6) is 1.77. The summed E-state index contributed by atoms with van der Waals surface area (Å²) in [7, 11) is 1.68. The van der Waals surface area contributed by atoms with Gasteiger partial charge in [-0.1, -0.05) is 32.9 Å². The Labute approximate surface area is 113 Å². The van der Waals surface area contributed by atoms with E-state index in [9.17, 15) is 0 Å². The van der Waals surface area contributed by atoms with E-state index in [1.54, 1.807) is 7.11 Å². The zero-order valence-electron chi connectivity index (χ0n) is 11.9. The maximum Gasteiger partial charge on any atom is 0.148 e. The highest BCUT2D eigenvalue weighted by molar-refractivity contribution is 5.96. The monoisotopic (exact) mass is 257 g/mol. The fourth-order valence-corrected chi connectivity index (χ4v) is 2.70. The molecule has 2 aromatic rings. The van der Waals surface area contributed by atoms with Crippen molar-refractivity contribution in [3.63, 3.8) is 0 Å². The second kappa shape index (κ2) is 4.12. The molecule has 3 heteroatoms. The Bertz CT molecular complexity index is 641. The molecule has 0 fully saturated rings. The van der Waals surface area contributed by atoms with Gasteiger partial charge in [-0.15, -0.1) is 0 Å². The molecule has 0 unspecified atom stereocenters. The summed E-state index contributed by atoms with van der Waals surface area (Å²) in [6.07, 6.45) is 2.78. The van der Waals surface area contributed by atoms with Crippen LogP contribution in [-0.2, 0) is 11.8 Å². The van der Waals surface area contributed by atoms with Gasteiger partial charge in [-0.05, 0) is 5.56 Å². The summed E-state index contributed by atoms with van der Waals surface area (Å²) >= 11 is 0. The van der Waals surface area contributed by atoms with E-state index in [0.717, 1.165) is 41.0 Å². The van der Waals surface area contributed by atoms with Crippen molar-refractivity contribution in [3.8, 4) is 11.5 Å². The van der Waals surface area contributed by atoms with E-state index in [4.69, 9.17) is 9.47 Å². The second-order valence-electron chi connectivity index (χ2n) is 6.00. The number of pyridine rings is 1. The standard InChI is InChI=1S/C16H19NO2/c1-16(2,3)15-11-6-5-10-7-8-19-14(10)13(11)12(18-4)9-17-15/h5-6,9H,7-8H2,1-4H3. The van der Waals surface area contributed by atoms with E-state index >= 15 is 0 Å². The number of hydrogen-bond acceptors (Lipinski definition) is 3. The second-order valence-corrected chi connectivity index (χ2v) is 6.00. The third-order valence-corrected chi connectivity index (χ3v) is 3.60. The fraction of sp³-hybridized carbons (Fsp3) is 0.438. The average Bonchev–Trinajstić information content (AvgIpc) is 2.84. The average molecular weight is 257 g/mol. The molecule has 0 amide bonds. The van der Waals surface area contributed by atoms with Crippen LogP contribution < -0.4 is 9.47 Å². The fourth-order valence-electron chi connectivity index (χ4n) is 2.70. The van der Waals surface area contributed by atoms with Gasteiger partial charge in [0.2, 0.25) is 0 Å². The zero-order valence-corrected chi connectivity index (χ0v) is 11.9. The summed E-state index contributed by atoms with van der Waals surface area (Å²) in [4.78, 5) is 4.59. The highest BCUT2D eigenvalue weighted by Crippen LogP contribution is 2.42. The zero-order chi connectivity index (χ0) is 13.6. The van der Waals surface area contributed by atoms with Crippen LogP contribution in [0.5, 0.6) is 11.5 Å². The quantitative estimate of drug-likeness (QED) is 0.783. The van der Waals surface area contributed by atoms with E-state index in [0.29, 0.717) is 0 Å². The maximum absolute atomic E-state index is 5.81. The van der Waals surface area contributed by atoms with Crippen LogP contribution in [0.1, 0.15) is 32.0 Å². The van der Waals surface area contributed by atoms with Crippen LogP contribution in [0.2, 0.25) is 0 Å². The van der Waals surface area contributed by atoms with Crippen LogP contribution in [-0.4, -0.2) is 18.7 Å². The van der Waals surface area contributed by atoms with Crippen molar-refractivity contribution in [2.75, 3.05) is 13.7 Å². The highest BCUT2D eigenvalue weighted by Gasteiger charge is 2.25. The van der Waals surface area contributed by atoms with Gasteiger partial charge < -0.3 is 9.47 Å². The largest absolute Gasteiger partial charge is 0.494 e. The molecule has 1 aromatic carbocycles. The van der Waals surface area contributed by atoms with Crippen LogP contribution >= 0.6 is 0 Å². The first-order chi connectivity index (χ1) is 9.02. The highest BCUT2D eigenvalue weighted by atomic mass is 16.5. The minimum atomic E-state index is -0.00262. The normalized spacial score (nSPS) is 14.3. The minimum absolute atomic E-state index is 0.00262. The number of ether oxygens (including phenoxy) is 2. The molecule has 19 heavy (non-hydrogen) atoms. The number of rotatable bonds is 1. The number of methoxy groups -OCH3 is 1. The van der Waals surface area contributed by atoms with E-state index < -0.39 is 0 Å². The number of nitrogens with zero attached hydrogens (tertiary/aromatic N) is 1. The van der Waals surface area contributed by atoms with Crippen molar-refractivity contribution in [2.24, 2.45) is 0 Å². The number of benzene rings is 1. The van der Waals surface area contributed by atoms with Crippen molar-refractivity contribution >= 4 is 10.8 Å². The van der Waals surface area contributed by atoms with Crippen molar-refractivity contribution in [1.82, 2.24) is 4.98 Å². The Morgan fingerprint density at radius 2 is 2.05 bits per heavy atom. The van der Waals surface area contributed by atoms with Gasteiger partial charge >= 0.3 is 0 Å². The minimum Gasteiger partial charge on any atom is -0.494 e. The molecular weight excluding hydrogens is 238 g/mol. The molecule has 2 heterocycles. The van der Waals surface area contributed by atoms with Crippen molar-refractivity contribution in [3.05, 3.63) is 29.6 Å². The van der Waals surface area contributed by atoms with Crippen molar-refractivity contribution < 1.29 is 9.47 Å². The predicted octanol–water partition coefficient (Wildman–Crippen LogP) is 3.48. The first-order valence-electron chi connectivity index (χ1n) is 6.64. The molecule has 0 spiro atoms. The van der Waals surface area contributed by atoms with Gasteiger partial charge in [-0.25, -0.2) is 0 Å². The molecule has 0 saturated heterocycles. The topological polar surface area (TPSA) is 31.4 Å². The van der Waals surface area contributed by atoms with Crippen LogP contribution in [0.3, 0.4) is 0 Å². The number of aromatic nitrogens is 1. The van der Waals surface area contributed by atoms with Gasteiger partial charge in [-0.3, -0.25) is 4.98 Å². The number of hydrogen-bond donors (Lipinski definition) is 0. The summed E-state index contributed by atoms with van der Waals surface area (Å²) in [6.45, 7) is 7.28. The molecule has 1 aliphatic heterocycles. The molecule has 1 aliphatic rings. The first kappa shape index (κ1) is 12.3. The van der Waals surface area contributed by atoms with Gasteiger partial charge in [-0.2, -0.15) is 0 Å². The molecule has 1 aromatic heterocycles. The lowest BCUT2D eigenvalue weighted by Gasteiger charge is -2.21. The SMILES string of the molecule is COc1cnc(C(C)(C)C)c2ccc3c(c12)OCC3. The molecule has 3 nitrogen and oxygen atoms in total. The Balaban J connectivity index is 2.41. The first-order valence-corrected chi connectivity index (χ1v) is 6.64. The molecular formula is C16H19NO2. The van der Waals surface area contributed by atoms with Crippen molar-refractivity contribution in [2.45, 2.75) is 32.6 Å². The Morgan fingerprint density at radius 1 is 1.26 bits per heavy atom. The van der Waals surface area contributed by atoms with E-state index in [1.807, 2.05) is 6.20 Å². The number of fused-ring (bicyclic) bond motifs is 3. The van der Waals surface area contributed by atoms with Gasteiger partial charge in [0.15, 0.2) is 0 Å². The molecule has 0 saturated carbocycles. The van der Waals surface area contributed by atoms with E-state index in [2.05, 4.69) is 37.9 Å². The maximum atomic E-state index is 5.81. The molecule has 0 bridgehead atoms. The molecule has 0 N–H and O–H groups in total. The lowest BCUT2D eigenvalue weighted by atomic mass is 9.87. The Kier molecular flexibility index (Phi) is 2.66. The Morgan fingerprint density at radius 3 is 2.74 bits per heavy atom. The predicted molar refractivity (Wildman–Crippen MR) is 76.2 cm³/mol. The summed E-state index contributed by atoms with van der Waals surface area (Å²) < 4.78 is 11.3. The van der Waals surface area contributed by atoms with Crippen LogP contribution in [0.15, 0.2) is 18.3 Å². The smallest absolute Gasteiger partial charge is 0.148 e. The molecule has 100 valence electrons. The van der Waals surface area contributed by atoms with Crippen molar-refractivity contribution in [1.29, 1.82) is 0 Å². The lowest BCUT2D eigenvalue weighted by molar-refractivity contribution is 0.357. The molecule has 0 atom stereocenters.